The lowest BCUT2D eigenvalue weighted by atomic mass is 10.1. The molecule has 1 amide bonds. The molecule has 0 bridgehead atoms. The molecule has 0 unspecified atom stereocenters. The van der Waals surface area contributed by atoms with Gasteiger partial charge in [-0.2, -0.15) is 0 Å². The molecule has 0 heterocycles. The summed E-state index contributed by atoms with van der Waals surface area (Å²) in [6.45, 7) is 4.58. The molecule has 1 rings (SSSR count). The Kier molecular flexibility index (Phi) is 6.03. The maximum Gasteiger partial charge on any atom is 0.254 e. The summed E-state index contributed by atoms with van der Waals surface area (Å²) in [5.41, 5.74) is -1.02. The highest BCUT2D eigenvalue weighted by molar-refractivity contribution is 6.32. The summed E-state index contributed by atoms with van der Waals surface area (Å²) in [4.78, 5) is 22.9. The quantitative estimate of drug-likeness (QED) is 0.896. The number of carbonyl (C=O) groups excluding carboxylic acids is 2. The summed E-state index contributed by atoms with van der Waals surface area (Å²) in [5, 5.41) is 12.3. The van der Waals surface area contributed by atoms with Gasteiger partial charge >= 0.3 is 0 Å². The first-order valence-corrected chi connectivity index (χ1v) is 6.01. The Balaban J connectivity index is 0.00000361. The Morgan fingerprint density at radius 3 is 2.35 bits per heavy atom. The molecule has 2 N–H and O–H groups in total. The Morgan fingerprint density at radius 1 is 1.35 bits per heavy atom. The monoisotopic (exact) mass is 301 g/mol. The van der Waals surface area contributed by atoms with E-state index in [1.54, 1.807) is 13.8 Å². The highest BCUT2D eigenvalue weighted by Crippen LogP contribution is 2.34. The molecular formula is C14H20ClNO4. The molecule has 0 saturated heterocycles. The summed E-state index contributed by atoms with van der Waals surface area (Å²) >= 11 is 5.99. The second kappa shape index (κ2) is 6.61. The van der Waals surface area contributed by atoms with E-state index in [0.29, 0.717) is 0 Å². The van der Waals surface area contributed by atoms with Crippen LogP contribution in [0.15, 0.2) is 12.1 Å². The predicted octanol–water partition coefficient (Wildman–Crippen LogP) is 2.79. The fraction of sp³-hybridized carbons (Fsp3) is 0.429. The van der Waals surface area contributed by atoms with Crippen LogP contribution in [0.25, 0.3) is 0 Å². The number of phenols is 1. The Morgan fingerprint density at radius 2 is 1.90 bits per heavy atom. The number of amides is 1. The topological polar surface area (TPSA) is 75.6 Å². The Hall–Kier alpha value is -1.75. The standard InChI is InChI=1S/C13H16ClNO4.CH4/c1-7(16)13(2,3)19-11-6-10(17)8(5-9(11)14)12(18)15-4;/h5-6,17H,1-4H3,(H,15,18);1H4. The molecule has 0 atom stereocenters. The maximum absolute atomic E-state index is 11.5. The summed E-state index contributed by atoms with van der Waals surface area (Å²) in [7, 11) is 1.44. The van der Waals surface area contributed by atoms with Crippen LogP contribution in [0.1, 0.15) is 38.6 Å². The van der Waals surface area contributed by atoms with E-state index in [1.165, 1.54) is 26.1 Å². The molecule has 0 fully saturated rings. The molecule has 1 aromatic rings. The molecule has 0 aromatic heterocycles. The third-order valence-electron chi connectivity index (χ3n) is 2.73. The van der Waals surface area contributed by atoms with Gasteiger partial charge in [0.2, 0.25) is 0 Å². The third kappa shape index (κ3) is 3.87. The number of benzene rings is 1. The number of hydrogen-bond donors (Lipinski definition) is 2. The minimum atomic E-state index is -1.06. The molecule has 0 aliphatic heterocycles. The second-order valence-electron chi connectivity index (χ2n) is 4.55. The minimum absolute atomic E-state index is 0. The van der Waals surface area contributed by atoms with Gasteiger partial charge in [-0.3, -0.25) is 9.59 Å². The van der Waals surface area contributed by atoms with Crippen LogP contribution in [0.2, 0.25) is 5.02 Å². The van der Waals surface area contributed by atoms with Crippen molar-refractivity contribution < 1.29 is 19.4 Å². The zero-order valence-corrected chi connectivity index (χ0v) is 12.0. The highest BCUT2D eigenvalue weighted by atomic mass is 35.5. The van der Waals surface area contributed by atoms with Gasteiger partial charge < -0.3 is 15.2 Å². The fourth-order valence-corrected chi connectivity index (χ4v) is 1.49. The first-order valence-electron chi connectivity index (χ1n) is 5.63. The fourth-order valence-electron chi connectivity index (χ4n) is 1.28. The number of hydrogen-bond acceptors (Lipinski definition) is 4. The Bertz CT molecular complexity index is 526. The van der Waals surface area contributed by atoms with Gasteiger partial charge in [-0.05, 0) is 26.8 Å². The zero-order valence-electron chi connectivity index (χ0n) is 11.2. The van der Waals surface area contributed by atoms with Gasteiger partial charge in [0, 0.05) is 13.1 Å². The van der Waals surface area contributed by atoms with Crippen molar-refractivity contribution in [2.45, 2.75) is 33.8 Å². The smallest absolute Gasteiger partial charge is 0.254 e. The van der Waals surface area contributed by atoms with Crippen LogP contribution >= 0.6 is 11.6 Å². The number of ketones is 1. The number of ether oxygens (including phenoxy) is 1. The maximum atomic E-state index is 11.5. The van der Waals surface area contributed by atoms with Crippen molar-refractivity contribution in [3.63, 3.8) is 0 Å². The number of aromatic hydroxyl groups is 1. The van der Waals surface area contributed by atoms with Crippen molar-refractivity contribution in [1.82, 2.24) is 5.32 Å². The number of phenolic OH excluding ortho intramolecular Hbond substituents is 1. The van der Waals surface area contributed by atoms with Gasteiger partial charge in [0.05, 0.1) is 10.6 Å². The van der Waals surface area contributed by atoms with Crippen molar-refractivity contribution in [2.24, 2.45) is 0 Å². The second-order valence-corrected chi connectivity index (χ2v) is 4.95. The first-order chi connectivity index (χ1) is 8.69. The number of carbonyl (C=O) groups is 2. The van der Waals surface area contributed by atoms with Crippen LogP contribution in [0.5, 0.6) is 11.5 Å². The van der Waals surface area contributed by atoms with E-state index in [9.17, 15) is 14.7 Å². The summed E-state index contributed by atoms with van der Waals surface area (Å²) in [5.74, 6) is -0.764. The third-order valence-corrected chi connectivity index (χ3v) is 3.03. The number of halogens is 1. The average molecular weight is 302 g/mol. The van der Waals surface area contributed by atoms with E-state index in [0.717, 1.165) is 0 Å². The van der Waals surface area contributed by atoms with Gasteiger partial charge in [0.15, 0.2) is 11.4 Å². The molecule has 0 spiro atoms. The molecule has 0 aliphatic carbocycles. The van der Waals surface area contributed by atoms with E-state index < -0.39 is 11.5 Å². The van der Waals surface area contributed by atoms with Gasteiger partial charge in [0.1, 0.15) is 11.5 Å². The minimum Gasteiger partial charge on any atom is -0.507 e. The van der Waals surface area contributed by atoms with Crippen molar-refractivity contribution in [3.8, 4) is 11.5 Å². The van der Waals surface area contributed by atoms with Gasteiger partial charge in [-0.25, -0.2) is 0 Å². The highest BCUT2D eigenvalue weighted by Gasteiger charge is 2.27. The molecule has 6 heteroatoms. The van der Waals surface area contributed by atoms with E-state index in [-0.39, 0.29) is 35.3 Å². The lowest BCUT2D eigenvalue weighted by Crippen LogP contribution is -2.36. The molecule has 20 heavy (non-hydrogen) atoms. The van der Waals surface area contributed by atoms with E-state index in [2.05, 4.69) is 5.32 Å². The van der Waals surface area contributed by atoms with Crippen molar-refractivity contribution in [1.29, 1.82) is 0 Å². The summed E-state index contributed by atoms with van der Waals surface area (Å²) in [6.07, 6.45) is 0. The van der Waals surface area contributed by atoms with Crippen molar-refractivity contribution in [2.75, 3.05) is 7.05 Å². The van der Waals surface area contributed by atoms with E-state index in [1.807, 2.05) is 0 Å². The SMILES string of the molecule is C.CNC(=O)c1cc(Cl)c(OC(C)(C)C(C)=O)cc1O. The average Bonchev–Trinajstić information content (AvgIpc) is 2.31. The zero-order chi connectivity index (χ0) is 14.8. The van der Waals surface area contributed by atoms with Crippen molar-refractivity contribution in [3.05, 3.63) is 22.7 Å². The molecule has 112 valence electrons. The predicted molar refractivity (Wildman–Crippen MR) is 78.6 cm³/mol. The summed E-state index contributed by atoms with van der Waals surface area (Å²) in [6, 6.07) is 2.51. The molecule has 0 radical (unpaired) electrons. The molecule has 1 aromatic carbocycles. The van der Waals surface area contributed by atoms with Crippen LogP contribution in [-0.4, -0.2) is 29.4 Å². The van der Waals surface area contributed by atoms with Crippen LogP contribution < -0.4 is 10.1 Å². The molecule has 5 nitrogen and oxygen atoms in total. The normalized spacial score (nSPS) is 10.4. The van der Waals surface area contributed by atoms with E-state index >= 15 is 0 Å². The number of rotatable bonds is 4. The number of Topliss-reactive ketones (excluding diaryl/α,β-unsaturated/α-hetero) is 1. The van der Waals surface area contributed by atoms with E-state index in [4.69, 9.17) is 16.3 Å². The first kappa shape index (κ1) is 18.2. The van der Waals surface area contributed by atoms with Crippen LogP contribution in [0.3, 0.4) is 0 Å². The van der Waals surface area contributed by atoms with Crippen molar-refractivity contribution >= 4 is 23.3 Å². The van der Waals surface area contributed by atoms with Crippen LogP contribution in [0.4, 0.5) is 0 Å². The molecule has 0 saturated carbocycles. The molecular weight excluding hydrogens is 282 g/mol. The lowest BCUT2D eigenvalue weighted by molar-refractivity contribution is -0.129. The van der Waals surface area contributed by atoms with Gasteiger partial charge in [-0.15, -0.1) is 0 Å². The largest absolute Gasteiger partial charge is 0.507 e. The number of nitrogens with one attached hydrogen (secondary N) is 1. The van der Waals surface area contributed by atoms with Gasteiger partial charge in [-0.1, -0.05) is 19.0 Å². The van der Waals surface area contributed by atoms with Crippen LogP contribution in [-0.2, 0) is 4.79 Å². The van der Waals surface area contributed by atoms with Crippen LogP contribution in [0, 0.1) is 0 Å². The molecule has 0 aliphatic rings. The summed E-state index contributed by atoms with van der Waals surface area (Å²) < 4.78 is 5.47. The Labute approximate surface area is 123 Å². The van der Waals surface area contributed by atoms with Gasteiger partial charge in [0.25, 0.3) is 5.91 Å². The lowest BCUT2D eigenvalue weighted by Gasteiger charge is -2.24.